The highest BCUT2D eigenvalue weighted by Crippen LogP contribution is 2.25. The van der Waals surface area contributed by atoms with Gasteiger partial charge in [-0.25, -0.2) is 22.9 Å². The highest BCUT2D eigenvalue weighted by atomic mass is 35.5. The fourth-order valence-electron chi connectivity index (χ4n) is 2.75. The third kappa shape index (κ3) is 4.57. The molecule has 0 spiro atoms. The monoisotopic (exact) mass is 494 g/mol. The van der Waals surface area contributed by atoms with E-state index in [0.717, 1.165) is 11.3 Å². The molecule has 0 unspecified atom stereocenters. The van der Waals surface area contributed by atoms with E-state index >= 15 is 0 Å². The third-order valence-corrected chi connectivity index (χ3v) is 7.45. The van der Waals surface area contributed by atoms with Crippen LogP contribution in [0.5, 0.6) is 0 Å². The smallest absolute Gasteiger partial charge is 0.307 e. The van der Waals surface area contributed by atoms with Gasteiger partial charge >= 0.3 is 6.03 Å². The molecule has 158 valence electrons. The molecular formula is C19H12Cl2N4O4S2. The second-order valence-electron chi connectivity index (χ2n) is 6.25. The number of amides is 2. The first-order valence-electron chi connectivity index (χ1n) is 8.59. The molecule has 0 atom stereocenters. The van der Waals surface area contributed by atoms with Crippen LogP contribution in [-0.2, 0) is 10.0 Å². The summed E-state index contributed by atoms with van der Waals surface area (Å²) in [6, 6.07) is 12.9. The van der Waals surface area contributed by atoms with Crippen molar-refractivity contribution in [1.29, 1.82) is 0 Å². The number of fused-ring (bicyclic) bond motifs is 1. The van der Waals surface area contributed by atoms with E-state index in [1.165, 1.54) is 35.2 Å². The average Bonchev–Trinajstić information content (AvgIpc) is 3.16. The number of hydrogen-bond acceptors (Lipinski definition) is 6. The zero-order valence-corrected chi connectivity index (χ0v) is 18.5. The molecule has 31 heavy (non-hydrogen) atoms. The van der Waals surface area contributed by atoms with E-state index in [1.807, 2.05) is 4.72 Å². The van der Waals surface area contributed by atoms with Gasteiger partial charge in [0.15, 0.2) is 0 Å². The topological polar surface area (TPSA) is 110 Å². The number of sulfonamides is 1. The van der Waals surface area contributed by atoms with Gasteiger partial charge in [0.25, 0.3) is 15.6 Å². The number of nitrogens with one attached hydrogen (secondary N) is 2. The van der Waals surface area contributed by atoms with Gasteiger partial charge < -0.3 is 5.32 Å². The number of rotatable bonds is 4. The van der Waals surface area contributed by atoms with Crippen LogP contribution in [0.3, 0.4) is 0 Å². The lowest BCUT2D eigenvalue weighted by molar-refractivity contribution is 0.256. The number of benzene rings is 2. The van der Waals surface area contributed by atoms with Gasteiger partial charge in [-0.05, 0) is 54.6 Å². The molecule has 0 aliphatic carbocycles. The first kappa shape index (κ1) is 21.3. The summed E-state index contributed by atoms with van der Waals surface area (Å²) >= 11 is 12.5. The molecule has 2 N–H and O–H groups in total. The van der Waals surface area contributed by atoms with Gasteiger partial charge in [0.1, 0.15) is 10.5 Å². The van der Waals surface area contributed by atoms with Crippen LogP contribution in [0.4, 0.5) is 10.5 Å². The lowest BCUT2D eigenvalue weighted by atomic mass is 10.2. The Morgan fingerprint density at radius 1 is 1.03 bits per heavy atom. The van der Waals surface area contributed by atoms with Gasteiger partial charge in [-0.2, -0.15) is 0 Å². The number of hydrogen-bond donors (Lipinski definition) is 2. The number of nitrogens with zero attached hydrogens (tertiary/aromatic N) is 2. The van der Waals surface area contributed by atoms with E-state index < -0.39 is 16.1 Å². The van der Waals surface area contributed by atoms with Crippen LogP contribution < -0.4 is 15.6 Å². The van der Waals surface area contributed by atoms with E-state index in [4.69, 9.17) is 23.2 Å². The van der Waals surface area contributed by atoms with Crippen LogP contribution in [0.25, 0.3) is 16.6 Å². The molecule has 4 aromatic rings. The summed E-state index contributed by atoms with van der Waals surface area (Å²) in [7, 11) is -4.03. The van der Waals surface area contributed by atoms with Crippen molar-refractivity contribution >= 4 is 67.2 Å². The highest BCUT2D eigenvalue weighted by molar-refractivity contribution is 7.92. The Morgan fingerprint density at radius 2 is 1.77 bits per heavy atom. The minimum absolute atomic E-state index is 0.0764. The number of carbonyl (C=O) groups excluding carboxylic acids is 1. The van der Waals surface area contributed by atoms with Gasteiger partial charge in [-0.15, -0.1) is 11.3 Å². The lowest BCUT2D eigenvalue weighted by Crippen LogP contribution is -2.33. The predicted molar refractivity (Wildman–Crippen MR) is 121 cm³/mol. The Balaban J connectivity index is 1.52. The molecular weight excluding hydrogens is 483 g/mol. The standard InChI is InChI=1S/C19H12Cl2N4O4S2/c20-11-1-6-14-15(9-11)22-10-25(18(14)26)13-4-2-12(3-5-13)23-19(27)24-31(28,29)17-8-7-16(21)30-17/h1-10H,(H2,23,24,27). The molecule has 8 nitrogen and oxygen atoms in total. The fourth-order valence-corrected chi connectivity index (χ4v) is 5.31. The predicted octanol–water partition coefficient (Wildman–Crippen LogP) is 4.26. The molecule has 2 aromatic heterocycles. The summed E-state index contributed by atoms with van der Waals surface area (Å²) in [5.41, 5.74) is 1.05. The van der Waals surface area contributed by atoms with Crippen LogP contribution >= 0.6 is 34.5 Å². The van der Waals surface area contributed by atoms with Crippen molar-refractivity contribution in [3.05, 3.63) is 80.6 Å². The molecule has 0 aliphatic heterocycles. The molecule has 0 saturated heterocycles. The molecule has 0 saturated carbocycles. The zero-order chi connectivity index (χ0) is 22.2. The molecule has 12 heteroatoms. The number of urea groups is 1. The fraction of sp³-hybridized carbons (Fsp3) is 0. The summed E-state index contributed by atoms with van der Waals surface area (Å²) < 4.78 is 27.8. The maximum absolute atomic E-state index is 12.7. The number of halogens is 2. The molecule has 0 fully saturated rings. The largest absolute Gasteiger partial charge is 0.333 e. The molecule has 0 aliphatic rings. The minimum atomic E-state index is -4.03. The van der Waals surface area contributed by atoms with E-state index in [9.17, 15) is 18.0 Å². The number of thiophene rings is 1. The zero-order valence-electron chi connectivity index (χ0n) is 15.4. The Labute approximate surface area is 190 Å². The Morgan fingerprint density at radius 3 is 2.45 bits per heavy atom. The molecule has 4 rings (SSSR count). The summed E-state index contributed by atoms with van der Waals surface area (Å²) in [4.78, 5) is 29.1. The third-order valence-electron chi connectivity index (χ3n) is 4.17. The normalized spacial score (nSPS) is 11.4. The maximum Gasteiger partial charge on any atom is 0.333 e. The Bertz CT molecular complexity index is 1460. The molecule has 2 amide bonds. The maximum atomic E-state index is 12.7. The van der Waals surface area contributed by atoms with Gasteiger partial charge in [0.05, 0.1) is 20.9 Å². The van der Waals surface area contributed by atoms with Crippen molar-refractivity contribution in [1.82, 2.24) is 14.3 Å². The molecule has 0 bridgehead atoms. The summed E-state index contributed by atoms with van der Waals surface area (Å²) in [6.45, 7) is 0. The second-order valence-corrected chi connectivity index (χ2v) is 10.3. The quantitative estimate of drug-likeness (QED) is 0.440. The number of anilines is 1. The summed E-state index contributed by atoms with van der Waals surface area (Å²) in [6.07, 6.45) is 1.38. The molecule has 2 heterocycles. The number of carbonyl (C=O) groups is 1. The molecule has 0 radical (unpaired) electrons. The average molecular weight is 495 g/mol. The van der Waals surface area contributed by atoms with E-state index in [2.05, 4.69) is 10.3 Å². The summed E-state index contributed by atoms with van der Waals surface area (Å²) in [5, 5.41) is 3.32. The van der Waals surface area contributed by atoms with Crippen LogP contribution in [0.2, 0.25) is 9.36 Å². The Kier molecular flexibility index (Phi) is 5.71. The van der Waals surface area contributed by atoms with Crippen molar-refractivity contribution in [2.45, 2.75) is 4.21 Å². The van der Waals surface area contributed by atoms with Gasteiger partial charge in [-0.1, -0.05) is 23.2 Å². The Hall–Kier alpha value is -2.92. The van der Waals surface area contributed by atoms with Crippen LogP contribution in [0.1, 0.15) is 0 Å². The first-order valence-corrected chi connectivity index (χ1v) is 11.6. The molecule has 2 aromatic carbocycles. The second kappa shape index (κ2) is 8.31. The van der Waals surface area contributed by atoms with Crippen molar-refractivity contribution in [2.75, 3.05) is 5.32 Å². The minimum Gasteiger partial charge on any atom is -0.307 e. The van der Waals surface area contributed by atoms with Gasteiger partial charge in [0.2, 0.25) is 0 Å². The van der Waals surface area contributed by atoms with Crippen molar-refractivity contribution in [2.24, 2.45) is 0 Å². The van der Waals surface area contributed by atoms with E-state index in [1.54, 1.807) is 30.3 Å². The van der Waals surface area contributed by atoms with Crippen molar-refractivity contribution in [3.8, 4) is 5.69 Å². The van der Waals surface area contributed by atoms with Crippen LogP contribution in [0.15, 0.2) is 69.9 Å². The lowest BCUT2D eigenvalue weighted by Gasteiger charge is -2.10. The van der Waals surface area contributed by atoms with Gasteiger partial charge in [0, 0.05) is 10.7 Å². The van der Waals surface area contributed by atoms with Crippen molar-refractivity contribution in [3.63, 3.8) is 0 Å². The van der Waals surface area contributed by atoms with Gasteiger partial charge in [-0.3, -0.25) is 9.36 Å². The SMILES string of the molecule is O=C(Nc1ccc(-n2cnc3cc(Cl)ccc3c2=O)cc1)NS(=O)(=O)c1ccc(Cl)s1. The van der Waals surface area contributed by atoms with E-state index in [0.29, 0.717) is 27.3 Å². The van der Waals surface area contributed by atoms with Crippen molar-refractivity contribution < 1.29 is 13.2 Å². The number of aromatic nitrogens is 2. The van der Waals surface area contributed by atoms with Crippen LogP contribution in [-0.4, -0.2) is 24.0 Å². The van der Waals surface area contributed by atoms with Crippen LogP contribution in [0, 0.1) is 0 Å². The van der Waals surface area contributed by atoms with E-state index in [-0.39, 0.29) is 14.1 Å². The summed E-state index contributed by atoms with van der Waals surface area (Å²) in [5.74, 6) is 0. The first-order chi connectivity index (χ1) is 14.7. The highest BCUT2D eigenvalue weighted by Gasteiger charge is 2.19.